The van der Waals surface area contributed by atoms with E-state index in [1.54, 1.807) is 19.3 Å². The lowest BCUT2D eigenvalue weighted by Crippen LogP contribution is -2.36. The van der Waals surface area contributed by atoms with Crippen LogP contribution in [-0.4, -0.2) is 75.0 Å². The highest BCUT2D eigenvalue weighted by Crippen LogP contribution is 2.38. The van der Waals surface area contributed by atoms with Crippen LogP contribution >= 0.6 is 11.6 Å². The van der Waals surface area contributed by atoms with Crippen LogP contribution in [0.4, 0.5) is 17.3 Å². The fourth-order valence-corrected chi connectivity index (χ4v) is 6.51. The molecule has 2 aromatic carbocycles. The molecule has 6 bridgehead atoms. The van der Waals surface area contributed by atoms with E-state index in [2.05, 4.69) is 41.2 Å². The van der Waals surface area contributed by atoms with E-state index in [9.17, 15) is 8.42 Å². The molecule has 0 amide bonds. The maximum absolute atomic E-state index is 12.8. The Bertz CT molecular complexity index is 1640. The van der Waals surface area contributed by atoms with Gasteiger partial charge in [-0.15, -0.1) is 0 Å². The molecule has 3 aromatic rings. The van der Waals surface area contributed by atoms with E-state index in [-0.39, 0.29) is 5.75 Å². The topological polar surface area (TPSA) is 106 Å². The molecule has 4 heterocycles. The molecular weight excluding hydrogens is 638 g/mol. The van der Waals surface area contributed by atoms with Crippen LogP contribution in [-0.2, 0) is 21.2 Å². The summed E-state index contributed by atoms with van der Waals surface area (Å²) in [4.78, 5) is 11.7. The SMILES string of the molecule is CCS(=O)(=O)N(C)/C=C1\c2ccc(cc2)OCCCCCCOc2cc(c(CC(C)C)cc2N2CCOCC2)Nc2ncc(Cl)c1n2. The van der Waals surface area contributed by atoms with Gasteiger partial charge in [-0.3, -0.25) is 4.31 Å². The number of hydrogen-bond donors (Lipinski definition) is 1. The van der Waals surface area contributed by atoms with Crippen molar-refractivity contribution in [1.29, 1.82) is 0 Å². The first-order valence-corrected chi connectivity index (χ1v) is 18.5. The molecule has 1 fully saturated rings. The van der Waals surface area contributed by atoms with Gasteiger partial charge >= 0.3 is 0 Å². The van der Waals surface area contributed by atoms with Crippen molar-refractivity contribution in [1.82, 2.24) is 14.3 Å². The molecule has 0 spiro atoms. The van der Waals surface area contributed by atoms with E-state index in [0.717, 1.165) is 79.2 Å². The molecule has 1 saturated heterocycles. The monoisotopic (exact) mass is 683 g/mol. The van der Waals surface area contributed by atoms with Crippen molar-refractivity contribution in [2.24, 2.45) is 5.92 Å². The number of ether oxygens (including phenoxy) is 3. The largest absolute Gasteiger partial charge is 0.494 e. The number of benzene rings is 2. The lowest BCUT2D eigenvalue weighted by atomic mass is 9.99. The molecule has 6 rings (SSSR count). The Balaban J connectivity index is 1.63. The van der Waals surface area contributed by atoms with E-state index in [4.69, 9.17) is 30.8 Å². The van der Waals surface area contributed by atoms with E-state index in [1.165, 1.54) is 11.4 Å². The predicted molar refractivity (Wildman–Crippen MR) is 189 cm³/mol. The first kappa shape index (κ1) is 34.8. The molecule has 0 aliphatic carbocycles. The van der Waals surface area contributed by atoms with Crippen LogP contribution in [0.1, 0.15) is 63.3 Å². The zero-order valence-corrected chi connectivity index (χ0v) is 29.4. The standard InChI is InChI=1S/C35H46ClN5O5S/c1-5-47(42,43)40(4)24-29-26-10-12-28(13-11-26)45-16-8-6-7-9-17-46-33-22-31(38-35-37-23-30(36)34(29)39-35)27(20-25(2)3)21-32(33)41-14-18-44-19-15-41/h10-13,21-25H,5-9,14-20H2,1-4H3,(H,37,38,39)/b29-24+. The van der Waals surface area contributed by atoms with E-state index < -0.39 is 10.0 Å². The second-order valence-corrected chi connectivity index (χ2v) is 15.0. The normalized spacial score (nSPS) is 17.1. The minimum Gasteiger partial charge on any atom is -0.494 e. The smallest absolute Gasteiger partial charge is 0.234 e. The minimum absolute atomic E-state index is 0.0478. The third-order valence-corrected chi connectivity index (χ3v) is 10.2. The number of rotatable bonds is 6. The number of anilines is 3. The first-order chi connectivity index (χ1) is 22.6. The molecule has 1 N–H and O–H groups in total. The Morgan fingerprint density at radius 1 is 1.02 bits per heavy atom. The Labute approximate surface area is 284 Å². The Hall–Kier alpha value is -3.54. The van der Waals surface area contributed by atoms with Crippen LogP contribution < -0.4 is 19.7 Å². The van der Waals surface area contributed by atoms with Crippen LogP contribution in [0.25, 0.3) is 5.57 Å². The number of fused-ring (bicyclic) bond motifs is 9. The lowest BCUT2D eigenvalue weighted by molar-refractivity contribution is 0.122. The maximum atomic E-state index is 12.8. The number of morpholine rings is 1. The van der Waals surface area contributed by atoms with Gasteiger partial charge in [-0.1, -0.05) is 37.6 Å². The van der Waals surface area contributed by atoms with Crippen molar-refractivity contribution in [3.63, 3.8) is 0 Å². The van der Waals surface area contributed by atoms with Crippen LogP contribution in [0.15, 0.2) is 48.8 Å². The minimum atomic E-state index is -3.53. The van der Waals surface area contributed by atoms with Crippen molar-refractivity contribution in [3.8, 4) is 11.5 Å². The summed E-state index contributed by atoms with van der Waals surface area (Å²) in [5, 5.41) is 3.76. The van der Waals surface area contributed by atoms with Gasteiger partial charge in [0.25, 0.3) is 0 Å². The predicted octanol–water partition coefficient (Wildman–Crippen LogP) is 6.91. The maximum Gasteiger partial charge on any atom is 0.234 e. The lowest BCUT2D eigenvalue weighted by Gasteiger charge is -2.31. The summed E-state index contributed by atoms with van der Waals surface area (Å²) in [6, 6.07) is 11.8. The number of aromatic nitrogens is 2. The molecule has 254 valence electrons. The summed E-state index contributed by atoms with van der Waals surface area (Å²) < 4.78 is 45.0. The highest BCUT2D eigenvalue weighted by atomic mass is 35.5. The summed E-state index contributed by atoms with van der Waals surface area (Å²) in [7, 11) is -2.02. The van der Waals surface area contributed by atoms with Gasteiger partial charge in [0, 0.05) is 43.7 Å². The number of sulfonamides is 1. The van der Waals surface area contributed by atoms with Gasteiger partial charge in [-0.25, -0.2) is 18.4 Å². The third-order valence-electron chi connectivity index (χ3n) is 8.26. The summed E-state index contributed by atoms with van der Waals surface area (Å²) in [5.41, 5.74) is 4.72. The van der Waals surface area contributed by atoms with Crippen molar-refractivity contribution >= 4 is 44.5 Å². The van der Waals surface area contributed by atoms with Crippen molar-refractivity contribution in [2.45, 2.75) is 52.9 Å². The molecule has 0 atom stereocenters. The molecule has 10 nitrogen and oxygen atoms in total. The fraction of sp³-hybridized carbons (Fsp3) is 0.486. The van der Waals surface area contributed by atoms with Gasteiger partial charge in [0.1, 0.15) is 11.5 Å². The van der Waals surface area contributed by atoms with E-state index in [1.807, 2.05) is 24.3 Å². The zero-order valence-electron chi connectivity index (χ0n) is 27.8. The van der Waals surface area contributed by atoms with Gasteiger partial charge in [-0.2, -0.15) is 0 Å². The molecule has 0 saturated carbocycles. The van der Waals surface area contributed by atoms with Gasteiger partial charge in [-0.05, 0) is 74.3 Å². The fourth-order valence-electron chi connectivity index (χ4n) is 5.64. The van der Waals surface area contributed by atoms with Crippen molar-refractivity contribution in [2.75, 3.05) is 62.5 Å². The quantitative estimate of drug-likeness (QED) is 0.297. The third kappa shape index (κ3) is 9.09. The Morgan fingerprint density at radius 3 is 2.40 bits per heavy atom. The summed E-state index contributed by atoms with van der Waals surface area (Å²) in [6.07, 6.45) is 7.88. The molecule has 47 heavy (non-hydrogen) atoms. The zero-order chi connectivity index (χ0) is 33.4. The second kappa shape index (κ2) is 16.0. The van der Waals surface area contributed by atoms with Gasteiger partial charge in [0.15, 0.2) is 0 Å². The summed E-state index contributed by atoms with van der Waals surface area (Å²) >= 11 is 6.75. The number of halogens is 1. The molecule has 0 unspecified atom stereocenters. The van der Waals surface area contributed by atoms with Crippen LogP contribution in [0.2, 0.25) is 5.02 Å². The van der Waals surface area contributed by atoms with Crippen molar-refractivity contribution in [3.05, 3.63) is 70.6 Å². The highest BCUT2D eigenvalue weighted by molar-refractivity contribution is 7.89. The highest BCUT2D eigenvalue weighted by Gasteiger charge is 2.22. The molecule has 1 aromatic heterocycles. The van der Waals surface area contributed by atoms with E-state index >= 15 is 0 Å². The number of nitrogens with zero attached hydrogens (tertiary/aromatic N) is 4. The second-order valence-electron chi connectivity index (χ2n) is 12.3. The average molecular weight is 684 g/mol. The Kier molecular flexibility index (Phi) is 11.9. The average Bonchev–Trinajstić information content (AvgIpc) is 3.06. The summed E-state index contributed by atoms with van der Waals surface area (Å²) in [5.74, 6) is 2.23. The molecule has 0 radical (unpaired) electrons. The summed E-state index contributed by atoms with van der Waals surface area (Å²) in [6.45, 7) is 10.2. The molecular formula is C35H46ClN5O5S. The van der Waals surface area contributed by atoms with Gasteiger partial charge in [0.05, 0.1) is 54.8 Å². The molecule has 3 aliphatic rings. The van der Waals surface area contributed by atoms with Crippen molar-refractivity contribution < 1.29 is 22.6 Å². The van der Waals surface area contributed by atoms with Crippen LogP contribution in [0, 0.1) is 5.92 Å². The van der Waals surface area contributed by atoms with Crippen LogP contribution in [0.5, 0.6) is 11.5 Å². The number of hydrogen-bond acceptors (Lipinski definition) is 9. The van der Waals surface area contributed by atoms with E-state index in [0.29, 0.717) is 54.6 Å². The Morgan fingerprint density at radius 2 is 1.72 bits per heavy atom. The molecule has 12 heteroatoms. The first-order valence-electron chi connectivity index (χ1n) is 16.5. The van der Waals surface area contributed by atoms with Gasteiger partial charge in [0.2, 0.25) is 16.0 Å². The molecule has 3 aliphatic heterocycles. The van der Waals surface area contributed by atoms with Gasteiger partial charge < -0.3 is 24.4 Å². The van der Waals surface area contributed by atoms with Crippen LogP contribution in [0.3, 0.4) is 0 Å². The number of nitrogens with one attached hydrogen (secondary N) is 1.